The van der Waals surface area contributed by atoms with Crippen molar-refractivity contribution in [1.82, 2.24) is 0 Å². The highest BCUT2D eigenvalue weighted by Gasteiger charge is 2.05. The van der Waals surface area contributed by atoms with E-state index in [9.17, 15) is 4.79 Å². The molecular weight excluding hydrogens is 174 g/mol. The van der Waals surface area contributed by atoms with Crippen molar-refractivity contribution < 1.29 is 4.79 Å². The van der Waals surface area contributed by atoms with Crippen LogP contribution < -0.4 is 5.73 Å². The normalized spacial score (nSPS) is 14.8. The second-order valence-corrected chi connectivity index (χ2v) is 3.64. The zero-order valence-electron chi connectivity index (χ0n) is 8.73. The number of nitrogens with two attached hydrogens (primary N) is 1. The fourth-order valence-electron chi connectivity index (χ4n) is 1.36. The molecule has 1 rings (SSSR count). The van der Waals surface area contributed by atoms with Crippen LogP contribution >= 0.6 is 0 Å². The highest BCUT2D eigenvalue weighted by atomic mass is 16.1. The SMILES string of the molecule is CCC(C)c1ccc(C(N)C=O)cc1. The summed E-state index contributed by atoms with van der Waals surface area (Å²) >= 11 is 0. The number of carbonyl (C=O) groups excluding carboxylic acids is 1. The van der Waals surface area contributed by atoms with Crippen molar-refractivity contribution in [2.45, 2.75) is 32.2 Å². The molecule has 0 saturated heterocycles. The van der Waals surface area contributed by atoms with Crippen molar-refractivity contribution in [1.29, 1.82) is 0 Å². The minimum Gasteiger partial charge on any atom is -0.318 e. The first-order valence-corrected chi connectivity index (χ1v) is 4.99. The molecule has 1 aromatic carbocycles. The van der Waals surface area contributed by atoms with E-state index in [4.69, 9.17) is 5.73 Å². The molecule has 0 spiro atoms. The van der Waals surface area contributed by atoms with E-state index in [1.165, 1.54) is 5.56 Å². The third-order valence-corrected chi connectivity index (χ3v) is 2.65. The molecule has 0 aliphatic carbocycles. The Morgan fingerprint density at radius 2 is 1.79 bits per heavy atom. The van der Waals surface area contributed by atoms with Crippen molar-refractivity contribution >= 4 is 6.29 Å². The first-order chi connectivity index (χ1) is 6.69. The maximum Gasteiger partial charge on any atom is 0.141 e. The van der Waals surface area contributed by atoms with Crippen molar-refractivity contribution in [3.8, 4) is 0 Å². The smallest absolute Gasteiger partial charge is 0.141 e. The Balaban J connectivity index is 2.83. The predicted molar refractivity (Wildman–Crippen MR) is 58.1 cm³/mol. The van der Waals surface area contributed by atoms with Gasteiger partial charge in [0.25, 0.3) is 0 Å². The molecule has 0 heterocycles. The summed E-state index contributed by atoms with van der Waals surface area (Å²) in [4.78, 5) is 10.5. The van der Waals surface area contributed by atoms with Crippen molar-refractivity contribution in [3.05, 3.63) is 35.4 Å². The molecule has 76 valence electrons. The molecule has 2 heteroatoms. The zero-order chi connectivity index (χ0) is 10.6. The molecule has 0 aromatic heterocycles. The molecular formula is C12H17NO. The summed E-state index contributed by atoms with van der Waals surface area (Å²) in [6.45, 7) is 4.35. The van der Waals surface area contributed by atoms with E-state index in [1.54, 1.807) is 0 Å². The van der Waals surface area contributed by atoms with Crippen LogP contribution in [-0.2, 0) is 4.79 Å². The molecule has 2 N–H and O–H groups in total. The number of hydrogen-bond acceptors (Lipinski definition) is 2. The van der Waals surface area contributed by atoms with Crippen LogP contribution in [0.4, 0.5) is 0 Å². The second-order valence-electron chi connectivity index (χ2n) is 3.64. The summed E-state index contributed by atoms with van der Waals surface area (Å²) in [5, 5.41) is 0. The molecule has 0 bridgehead atoms. The van der Waals surface area contributed by atoms with Gasteiger partial charge < -0.3 is 10.5 Å². The molecule has 2 unspecified atom stereocenters. The van der Waals surface area contributed by atoms with Gasteiger partial charge in [-0.3, -0.25) is 0 Å². The van der Waals surface area contributed by atoms with Crippen LogP contribution in [0.3, 0.4) is 0 Å². The van der Waals surface area contributed by atoms with Gasteiger partial charge in [-0.25, -0.2) is 0 Å². The Labute approximate surface area is 85.1 Å². The zero-order valence-corrected chi connectivity index (χ0v) is 8.73. The maximum absolute atomic E-state index is 10.5. The van der Waals surface area contributed by atoms with Crippen molar-refractivity contribution in [2.24, 2.45) is 5.73 Å². The van der Waals surface area contributed by atoms with E-state index in [-0.39, 0.29) is 0 Å². The number of rotatable bonds is 4. The molecule has 2 nitrogen and oxygen atoms in total. The van der Waals surface area contributed by atoms with Gasteiger partial charge in [0.05, 0.1) is 6.04 Å². The van der Waals surface area contributed by atoms with Gasteiger partial charge in [0, 0.05) is 0 Å². The Morgan fingerprint density at radius 3 is 2.21 bits per heavy atom. The topological polar surface area (TPSA) is 43.1 Å². The Bertz CT molecular complexity index is 292. The summed E-state index contributed by atoms with van der Waals surface area (Å²) in [5.74, 6) is 0.566. The van der Waals surface area contributed by atoms with Crippen LogP contribution in [0.2, 0.25) is 0 Å². The van der Waals surface area contributed by atoms with E-state index in [0.29, 0.717) is 5.92 Å². The third kappa shape index (κ3) is 2.42. The predicted octanol–water partition coefficient (Wildman–Crippen LogP) is 2.40. The Kier molecular flexibility index (Phi) is 3.84. The molecule has 0 aliphatic rings. The summed E-state index contributed by atoms with van der Waals surface area (Å²) in [6.07, 6.45) is 1.89. The second kappa shape index (κ2) is 4.91. The first-order valence-electron chi connectivity index (χ1n) is 4.99. The van der Waals surface area contributed by atoms with Gasteiger partial charge in [0.15, 0.2) is 0 Å². The van der Waals surface area contributed by atoms with Crippen LogP contribution in [0.5, 0.6) is 0 Å². The standard InChI is InChI=1S/C12H17NO/c1-3-9(2)10-4-6-11(7-5-10)12(13)8-14/h4-9,12H,3,13H2,1-2H3. The van der Waals surface area contributed by atoms with Gasteiger partial charge in [-0.05, 0) is 23.5 Å². The number of carbonyl (C=O) groups is 1. The van der Waals surface area contributed by atoms with Crippen LogP contribution in [0.15, 0.2) is 24.3 Å². The van der Waals surface area contributed by atoms with Crippen molar-refractivity contribution in [2.75, 3.05) is 0 Å². The quantitative estimate of drug-likeness (QED) is 0.742. The van der Waals surface area contributed by atoms with Gasteiger partial charge in [-0.2, -0.15) is 0 Å². The Morgan fingerprint density at radius 1 is 1.29 bits per heavy atom. The lowest BCUT2D eigenvalue weighted by Crippen LogP contribution is -2.11. The average molecular weight is 191 g/mol. The Hall–Kier alpha value is -1.15. The summed E-state index contributed by atoms with van der Waals surface area (Å²) in [5.41, 5.74) is 7.77. The van der Waals surface area contributed by atoms with E-state index in [0.717, 1.165) is 18.3 Å². The van der Waals surface area contributed by atoms with E-state index >= 15 is 0 Å². The molecule has 2 atom stereocenters. The lowest BCUT2D eigenvalue weighted by molar-refractivity contribution is -0.109. The maximum atomic E-state index is 10.5. The van der Waals surface area contributed by atoms with Crippen LogP contribution in [-0.4, -0.2) is 6.29 Å². The number of aldehydes is 1. The van der Waals surface area contributed by atoms with Crippen LogP contribution in [0.25, 0.3) is 0 Å². The fourth-order valence-corrected chi connectivity index (χ4v) is 1.36. The van der Waals surface area contributed by atoms with E-state index in [2.05, 4.69) is 13.8 Å². The summed E-state index contributed by atoms with van der Waals surface area (Å²) in [6, 6.07) is 7.47. The molecule has 0 saturated carbocycles. The monoisotopic (exact) mass is 191 g/mol. The van der Waals surface area contributed by atoms with Crippen LogP contribution in [0.1, 0.15) is 43.4 Å². The van der Waals surface area contributed by atoms with Gasteiger partial charge in [0.1, 0.15) is 6.29 Å². The molecule has 0 fully saturated rings. The highest BCUT2D eigenvalue weighted by Crippen LogP contribution is 2.19. The van der Waals surface area contributed by atoms with Crippen molar-refractivity contribution in [3.63, 3.8) is 0 Å². The first kappa shape index (κ1) is 10.9. The van der Waals surface area contributed by atoms with Gasteiger partial charge in [0.2, 0.25) is 0 Å². The number of hydrogen-bond donors (Lipinski definition) is 1. The molecule has 14 heavy (non-hydrogen) atoms. The van der Waals surface area contributed by atoms with Gasteiger partial charge in [-0.15, -0.1) is 0 Å². The number of benzene rings is 1. The molecule has 0 amide bonds. The van der Waals surface area contributed by atoms with Gasteiger partial charge in [-0.1, -0.05) is 38.1 Å². The molecule has 0 aliphatic heterocycles. The fraction of sp³-hybridized carbons (Fsp3) is 0.417. The van der Waals surface area contributed by atoms with Gasteiger partial charge >= 0.3 is 0 Å². The highest BCUT2D eigenvalue weighted by molar-refractivity contribution is 5.60. The average Bonchev–Trinajstić information content (AvgIpc) is 2.27. The molecule has 1 aromatic rings. The minimum atomic E-state index is -0.485. The molecule has 0 radical (unpaired) electrons. The van der Waals surface area contributed by atoms with E-state index < -0.39 is 6.04 Å². The lowest BCUT2D eigenvalue weighted by atomic mass is 9.96. The van der Waals surface area contributed by atoms with E-state index in [1.807, 2.05) is 24.3 Å². The largest absolute Gasteiger partial charge is 0.318 e. The summed E-state index contributed by atoms with van der Waals surface area (Å²) in [7, 11) is 0. The van der Waals surface area contributed by atoms with Crippen LogP contribution in [0, 0.1) is 0 Å². The minimum absolute atomic E-state index is 0.485. The lowest BCUT2D eigenvalue weighted by Gasteiger charge is -2.10. The summed E-state index contributed by atoms with van der Waals surface area (Å²) < 4.78 is 0. The third-order valence-electron chi connectivity index (χ3n) is 2.65.